The van der Waals surface area contributed by atoms with Gasteiger partial charge < -0.3 is 4.42 Å². The standard InChI is InChI=1S/C15H20N2O/c16-17-14(12-15-10-5-11-18-15)9-4-8-13-6-2-1-3-7-13/h1-3,5-7,10-11,14,17H,4,8-9,12,16H2. The fourth-order valence-corrected chi connectivity index (χ4v) is 2.11. The van der Waals surface area contributed by atoms with Crippen LogP contribution < -0.4 is 11.3 Å². The van der Waals surface area contributed by atoms with Crippen molar-refractivity contribution >= 4 is 0 Å². The summed E-state index contributed by atoms with van der Waals surface area (Å²) >= 11 is 0. The molecule has 1 aromatic heterocycles. The first-order valence-corrected chi connectivity index (χ1v) is 6.41. The van der Waals surface area contributed by atoms with Crippen molar-refractivity contribution < 1.29 is 4.42 Å². The van der Waals surface area contributed by atoms with Gasteiger partial charge in [0.25, 0.3) is 0 Å². The van der Waals surface area contributed by atoms with Crippen LogP contribution in [-0.2, 0) is 12.8 Å². The van der Waals surface area contributed by atoms with Gasteiger partial charge in [-0.05, 0) is 37.0 Å². The second kappa shape index (κ2) is 6.99. The molecule has 1 unspecified atom stereocenters. The Morgan fingerprint density at radius 2 is 1.94 bits per heavy atom. The molecule has 0 aliphatic rings. The maximum atomic E-state index is 5.58. The summed E-state index contributed by atoms with van der Waals surface area (Å²) in [6.45, 7) is 0. The zero-order chi connectivity index (χ0) is 12.6. The number of benzene rings is 1. The zero-order valence-electron chi connectivity index (χ0n) is 10.5. The van der Waals surface area contributed by atoms with Crippen molar-refractivity contribution in [2.75, 3.05) is 0 Å². The van der Waals surface area contributed by atoms with Gasteiger partial charge in [-0.15, -0.1) is 0 Å². The predicted octanol–water partition coefficient (Wildman–Crippen LogP) is 2.68. The lowest BCUT2D eigenvalue weighted by molar-refractivity contribution is 0.422. The monoisotopic (exact) mass is 244 g/mol. The van der Waals surface area contributed by atoms with Crippen LogP contribution in [0.2, 0.25) is 0 Å². The predicted molar refractivity (Wildman–Crippen MR) is 72.9 cm³/mol. The molecule has 3 heteroatoms. The fourth-order valence-electron chi connectivity index (χ4n) is 2.11. The maximum Gasteiger partial charge on any atom is 0.105 e. The van der Waals surface area contributed by atoms with Crippen LogP contribution in [-0.4, -0.2) is 6.04 Å². The Labute approximate surface area is 108 Å². The number of hydrazine groups is 1. The first-order valence-electron chi connectivity index (χ1n) is 6.41. The molecule has 0 fully saturated rings. The Hall–Kier alpha value is -1.58. The number of nitrogens with one attached hydrogen (secondary N) is 1. The van der Waals surface area contributed by atoms with Gasteiger partial charge in [0.15, 0.2) is 0 Å². The molecule has 0 saturated carbocycles. The summed E-state index contributed by atoms with van der Waals surface area (Å²) in [5.74, 6) is 6.56. The molecule has 18 heavy (non-hydrogen) atoms. The Morgan fingerprint density at radius 1 is 1.11 bits per heavy atom. The molecule has 2 rings (SSSR count). The minimum atomic E-state index is 0.278. The summed E-state index contributed by atoms with van der Waals surface area (Å²) in [5.41, 5.74) is 4.25. The van der Waals surface area contributed by atoms with Crippen LogP contribution in [0.15, 0.2) is 53.1 Å². The quantitative estimate of drug-likeness (QED) is 0.581. The number of aryl methyl sites for hydroxylation is 1. The van der Waals surface area contributed by atoms with Gasteiger partial charge in [-0.3, -0.25) is 11.3 Å². The minimum Gasteiger partial charge on any atom is -0.469 e. The van der Waals surface area contributed by atoms with E-state index in [1.165, 1.54) is 5.56 Å². The van der Waals surface area contributed by atoms with Gasteiger partial charge in [-0.1, -0.05) is 30.3 Å². The van der Waals surface area contributed by atoms with Gasteiger partial charge >= 0.3 is 0 Å². The molecule has 2 aromatic rings. The molecule has 3 nitrogen and oxygen atoms in total. The summed E-state index contributed by atoms with van der Waals surface area (Å²) in [6.07, 6.45) is 5.81. The molecule has 0 aliphatic heterocycles. The largest absolute Gasteiger partial charge is 0.469 e. The van der Waals surface area contributed by atoms with E-state index < -0.39 is 0 Å². The molecular weight excluding hydrogens is 224 g/mol. The third-order valence-electron chi connectivity index (χ3n) is 3.12. The van der Waals surface area contributed by atoms with Crippen molar-refractivity contribution in [1.82, 2.24) is 5.43 Å². The molecule has 0 saturated heterocycles. The first kappa shape index (κ1) is 12.9. The Morgan fingerprint density at radius 3 is 2.61 bits per heavy atom. The highest BCUT2D eigenvalue weighted by Crippen LogP contribution is 2.10. The first-order chi connectivity index (χ1) is 8.88. The van der Waals surface area contributed by atoms with E-state index in [0.717, 1.165) is 31.4 Å². The van der Waals surface area contributed by atoms with Crippen molar-refractivity contribution in [3.05, 3.63) is 60.1 Å². The van der Waals surface area contributed by atoms with Crippen LogP contribution in [0.5, 0.6) is 0 Å². The Kier molecular flexibility index (Phi) is 5.00. The summed E-state index contributed by atoms with van der Waals surface area (Å²) in [6, 6.07) is 14.7. The van der Waals surface area contributed by atoms with E-state index in [4.69, 9.17) is 10.3 Å². The van der Waals surface area contributed by atoms with E-state index in [9.17, 15) is 0 Å². The molecule has 0 amide bonds. The van der Waals surface area contributed by atoms with Gasteiger partial charge in [0.2, 0.25) is 0 Å². The smallest absolute Gasteiger partial charge is 0.105 e. The fraction of sp³-hybridized carbons (Fsp3) is 0.333. The molecule has 0 spiro atoms. The third-order valence-corrected chi connectivity index (χ3v) is 3.12. The maximum absolute atomic E-state index is 5.58. The van der Waals surface area contributed by atoms with Gasteiger partial charge in [0.1, 0.15) is 5.76 Å². The lowest BCUT2D eigenvalue weighted by atomic mass is 10.0. The van der Waals surface area contributed by atoms with E-state index in [1.54, 1.807) is 6.26 Å². The molecule has 96 valence electrons. The molecular formula is C15H20N2O. The Bertz CT molecular complexity index is 425. The molecule has 0 aliphatic carbocycles. The van der Waals surface area contributed by atoms with Crippen molar-refractivity contribution in [3.63, 3.8) is 0 Å². The molecule has 1 atom stereocenters. The molecule has 3 N–H and O–H groups in total. The Balaban J connectivity index is 1.74. The van der Waals surface area contributed by atoms with Crippen molar-refractivity contribution in [2.45, 2.75) is 31.7 Å². The van der Waals surface area contributed by atoms with E-state index in [0.29, 0.717) is 0 Å². The number of nitrogens with two attached hydrogens (primary N) is 1. The summed E-state index contributed by atoms with van der Waals surface area (Å²) < 4.78 is 5.33. The minimum absolute atomic E-state index is 0.278. The summed E-state index contributed by atoms with van der Waals surface area (Å²) in [5, 5.41) is 0. The van der Waals surface area contributed by atoms with Crippen LogP contribution in [0.3, 0.4) is 0 Å². The lowest BCUT2D eigenvalue weighted by Gasteiger charge is -2.14. The van der Waals surface area contributed by atoms with E-state index in [2.05, 4.69) is 29.7 Å². The van der Waals surface area contributed by atoms with Crippen LogP contribution in [0.25, 0.3) is 0 Å². The second-order valence-electron chi connectivity index (χ2n) is 4.52. The van der Waals surface area contributed by atoms with Gasteiger partial charge in [0, 0.05) is 12.5 Å². The number of rotatable bonds is 7. The molecule has 1 heterocycles. The van der Waals surface area contributed by atoms with E-state index in [-0.39, 0.29) is 6.04 Å². The van der Waals surface area contributed by atoms with Crippen molar-refractivity contribution in [3.8, 4) is 0 Å². The van der Waals surface area contributed by atoms with E-state index in [1.807, 2.05) is 18.2 Å². The SMILES string of the molecule is NNC(CCCc1ccccc1)Cc1ccco1. The topological polar surface area (TPSA) is 51.2 Å². The molecule has 1 aromatic carbocycles. The van der Waals surface area contributed by atoms with Gasteiger partial charge in [0.05, 0.1) is 6.26 Å². The summed E-state index contributed by atoms with van der Waals surface area (Å²) in [7, 11) is 0. The van der Waals surface area contributed by atoms with Crippen LogP contribution in [0.1, 0.15) is 24.2 Å². The van der Waals surface area contributed by atoms with Gasteiger partial charge in [-0.2, -0.15) is 0 Å². The van der Waals surface area contributed by atoms with Crippen LogP contribution in [0.4, 0.5) is 0 Å². The third kappa shape index (κ3) is 4.02. The normalized spacial score (nSPS) is 12.5. The van der Waals surface area contributed by atoms with Crippen molar-refractivity contribution in [2.24, 2.45) is 5.84 Å². The summed E-state index contributed by atoms with van der Waals surface area (Å²) in [4.78, 5) is 0. The molecule has 0 bridgehead atoms. The van der Waals surface area contributed by atoms with Gasteiger partial charge in [-0.25, -0.2) is 0 Å². The van der Waals surface area contributed by atoms with Crippen LogP contribution >= 0.6 is 0 Å². The highest BCUT2D eigenvalue weighted by atomic mass is 16.3. The number of furan rings is 1. The second-order valence-corrected chi connectivity index (χ2v) is 4.52. The van der Waals surface area contributed by atoms with Crippen molar-refractivity contribution in [1.29, 1.82) is 0 Å². The average molecular weight is 244 g/mol. The highest BCUT2D eigenvalue weighted by molar-refractivity contribution is 5.14. The number of hydrogen-bond acceptors (Lipinski definition) is 3. The highest BCUT2D eigenvalue weighted by Gasteiger charge is 2.09. The number of hydrogen-bond donors (Lipinski definition) is 2. The van der Waals surface area contributed by atoms with Crippen LogP contribution in [0, 0.1) is 0 Å². The van der Waals surface area contributed by atoms with E-state index >= 15 is 0 Å². The zero-order valence-corrected chi connectivity index (χ0v) is 10.5. The average Bonchev–Trinajstić information content (AvgIpc) is 2.92. The molecule has 0 radical (unpaired) electrons. The lowest BCUT2D eigenvalue weighted by Crippen LogP contribution is -2.36.